The van der Waals surface area contributed by atoms with Crippen LogP contribution in [0.1, 0.15) is 0 Å². The predicted octanol–water partition coefficient (Wildman–Crippen LogP) is -3.58. The molecule has 0 amide bonds. The fourth-order valence-corrected chi connectivity index (χ4v) is 1.29. The fraction of sp³-hybridized carbons (Fsp3) is 0.778. The van der Waals surface area contributed by atoms with Gasteiger partial charge in [-0.3, -0.25) is 4.79 Å². The van der Waals surface area contributed by atoms with Gasteiger partial charge in [-0.15, -0.1) is 0 Å². The molecule has 0 aromatic carbocycles. The van der Waals surface area contributed by atoms with E-state index in [0.29, 0.717) is 0 Å². The van der Waals surface area contributed by atoms with E-state index in [2.05, 4.69) is 4.99 Å². The minimum Gasteiger partial charge on any atom is -0.473 e. The van der Waals surface area contributed by atoms with E-state index in [9.17, 15) is 20.1 Å². The number of aliphatic imine (C=N–C) groups is 1. The van der Waals surface area contributed by atoms with Crippen molar-refractivity contribution in [1.29, 1.82) is 0 Å². The number of aliphatic hydroxyl groups excluding tert-OH is 5. The monoisotopic (exact) mass is 249 g/mol. The smallest absolute Gasteiger partial charge is 0.256 e. The Bertz CT molecular complexity index is 306. The second-order valence-corrected chi connectivity index (χ2v) is 3.58. The maximum absolute atomic E-state index is 11.5. The molecule has 0 saturated heterocycles. The molecule has 1 aliphatic heterocycles. The van der Waals surface area contributed by atoms with Crippen molar-refractivity contribution in [1.82, 2.24) is 0 Å². The summed E-state index contributed by atoms with van der Waals surface area (Å²) in [5, 5.41) is 45.8. The number of hydrogen-bond donors (Lipinski definition) is 5. The zero-order valence-corrected chi connectivity index (χ0v) is 8.93. The molecular formula is C9H15NO7. The van der Waals surface area contributed by atoms with Crippen molar-refractivity contribution < 1.29 is 35.1 Å². The molecule has 17 heavy (non-hydrogen) atoms. The standard InChI is InChI=1S/C9H15NO7/c11-3-4(12)5(13)6(14)7(15)8(16)9-10-1-2-17-9/h4-7,11-15H,1-3H2/t4-,5-,6+,7+/m1/s1. The summed E-state index contributed by atoms with van der Waals surface area (Å²) < 4.78 is 4.79. The highest BCUT2D eigenvalue weighted by molar-refractivity contribution is 6.38. The molecule has 1 heterocycles. The Hall–Kier alpha value is -1.06. The molecule has 5 N–H and O–H groups in total. The summed E-state index contributed by atoms with van der Waals surface area (Å²) in [6, 6.07) is 0. The van der Waals surface area contributed by atoms with Crippen molar-refractivity contribution in [3.63, 3.8) is 0 Å². The zero-order chi connectivity index (χ0) is 13.0. The van der Waals surface area contributed by atoms with E-state index in [4.69, 9.17) is 14.9 Å². The third-order valence-electron chi connectivity index (χ3n) is 2.32. The van der Waals surface area contributed by atoms with Crippen molar-refractivity contribution >= 4 is 11.7 Å². The number of nitrogens with zero attached hydrogens (tertiary/aromatic N) is 1. The molecule has 0 aliphatic carbocycles. The second kappa shape index (κ2) is 6.03. The van der Waals surface area contributed by atoms with Crippen molar-refractivity contribution in [2.45, 2.75) is 24.4 Å². The topological polar surface area (TPSA) is 140 Å². The van der Waals surface area contributed by atoms with Gasteiger partial charge in [-0.25, -0.2) is 4.99 Å². The molecule has 1 aliphatic rings. The van der Waals surface area contributed by atoms with Crippen LogP contribution in [0.5, 0.6) is 0 Å². The van der Waals surface area contributed by atoms with E-state index in [1.807, 2.05) is 0 Å². The van der Waals surface area contributed by atoms with Gasteiger partial charge in [0.2, 0.25) is 5.78 Å². The molecule has 0 aromatic rings. The van der Waals surface area contributed by atoms with Gasteiger partial charge in [-0.1, -0.05) is 0 Å². The van der Waals surface area contributed by atoms with Crippen molar-refractivity contribution in [2.24, 2.45) is 4.99 Å². The number of ether oxygens (including phenoxy) is 1. The Kier molecular flexibility index (Phi) is 4.97. The van der Waals surface area contributed by atoms with Crippen LogP contribution in [0.4, 0.5) is 0 Å². The molecule has 0 aromatic heterocycles. The molecule has 1 rings (SSSR count). The summed E-state index contributed by atoms with van der Waals surface area (Å²) in [5.41, 5.74) is 0. The lowest BCUT2D eigenvalue weighted by molar-refractivity contribution is -0.142. The SMILES string of the molecule is O=C(C1=NCCO1)[C@@H](O)[C@@H](O)[C@H](O)[C@H](O)CO. The number of Topliss-reactive ketones (excluding diaryl/α,β-unsaturated/α-hetero) is 1. The molecule has 0 saturated carbocycles. The van der Waals surface area contributed by atoms with Gasteiger partial charge in [0, 0.05) is 0 Å². The van der Waals surface area contributed by atoms with Crippen LogP contribution in [0, 0.1) is 0 Å². The maximum Gasteiger partial charge on any atom is 0.256 e. The quantitative estimate of drug-likeness (QED) is 0.328. The number of carbonyl (C=O) groups excluding carboxylic acids is 1. The lowest BCUT2D eigenvalue weighted by Gasteiger charge is -2.24. The Morgan fingerprint density at radius 3 is 2.41 bits per heavy atom. The van der Waals surface area contributed by atoms with E-state index in [0.717, 1.165) is 0 Å². The average Bonchev–Trinajstić information content (AvgIpc) is 2.87. The Morgan fingerprint density at radius 1 is 1.29 bits per heavy atom. The first kappa shape index (κ1) is 14.0. The molecule has 0 bridgehead atoms. The summed E-state index contributed by atoms with van der Waals surface area (Å²) in [4.78, 5) is 15.1. The van der Waals surface area contributed by atoms with Crippen molar-refractivity contribution in [3.8, 4) is 0 Å². The van der Waals surface area contributed by atoms with E-state index < -0.39 is 36.8 Å². The average molecular weight is 249 g/mol. The van der Waals surface area contributed by atoms with Gasteiger partial charge >= 0.3 is 0 Å². The molecule has 0 fully saturated rings. The summed E-state index contributed by atoms with van der Waals surface area (Å²) in [6.45, 7) is -0.312. The highest BCUT2D eigenvalue weighted by Gasteiger charge is 2.37. The van der Waals surface area contributed by atoms with Gasteiger partial charge in [0.25, 0.3) is 5.90 Å². The minimum atomic E-state index is -1.97. The summed E-state index contributed by atoms with van der Waals surface area (Å²) in [5.74, 6) is -1.29. The summed E-state index contributed by atoms with van der Waals surface area (Å²) >= 11 is 0. The van der Waals surface area contributed by atoms with Gasteiger partial charge in [-0.2, -0.15) is 0 Å². The van der Waals surface area contributed by atoms with Crippen molar-refractivity contribution in [3.05, 3.63) is 0 Å². The number of rotatable bonds is 6. The van der Waals surface area contributed by atoms with Gasteiger partial charge in [-0.05, 0) is 0 Å². The molecule has 0 spiro atoms. The first-order chi connectivity index (χ1) is 7.99. The molecule has 8 heteroatoms. The third-order valence-corrected chi connectivity index (χ3v) is 2.32. The van der Waals surface area contributed by atoms with E-state index >= 15 is 0 Å². The van der Waals surface area contributed by atoms with Gasteiger partial charge in [0.1, 0.15) is 24.9 Å². The normalized spacial score (nSPS) is 22.3. The zero-order valence-electron chi connectivity index (χ0n) is 8.93. The van der Waals surface area contributed by atoms with E-state index in [1.54, 1.807) is 0 Å². The number of hydrogen-bond acceptors (Lipinski definition) is 8. The Balaban J connectivity index is 2.62. The largest absolute Gasteiger partial charge is 0.473 e. The molecular weight excluding hydrogens is 234 g/mol. The number of carbonyl (C=O) groups is 1. The van der Waals surface area contributed by atoms with Crippen LogP contribution in [0.3, 0.4) is 0 Å². The van der Waals surface area contributed by atoms with Crippen molar-refractivity contribution in [2.75, 3.05) is 19.8 Å². The fourth-order valence-electron chi connectivity index (χ4n) is 1.29. The van der Waals surface area contributed by atoms with Crippen LogP contribution >= 0.6 is 0 Å². The molecule has 0 unspecified atom stereocenters. The maximum atomic E-state index is 11.5. The first-order valence-corrected chi connectivity index (χ1v) is 5.03. The van der Waals surface area contributed by atoms with Crippen LogP contribution in [0.15, 0.2) is 4.99 Å². The van der Waals surface area contributed by atoms with Crippen LogP contribution < -0.4 is 0 Å². The van der Waals surface area contributed by atoms with Crippen LogP contribution in [-0.2, 0) is 9.53 Å². The highest BCUT2D eigenvalue weighted by Crippen LogP contribution is 2.08. The van der Waals surface area contributed by atoms with Gasteiger partial charge < -0.3 is 30.3 Å². The number of aliphatic hydroxyl groups is 5. The van der Waals surface area contributed by atoms with Crippen LogP contribution in [-0.4, -0.2) is 81.4 Å². The Labute approximate surface area is 96.8 Å². The minimum absolute atomic E-state index is 0.214. The van der Waals surface area contributed by atoms with E-state index in [-0.39, 0.29) is 19.0 Å². The second-order valence-electron chi connectivity index (χ2n) is 3.58. The molecule has 0 radical (unpaired) electrons. The van der Waals surface area contributed by atoms with Gasteiger partial charge in [0.15, 0.2) is 6.10 Å². The Morgan fingerprint density at radius 2 is 1.94 bits per heavy atom. The lowest BCUT2D eigenvalue weighted by atomic mass is 10.0. The van der Waals surface area contributed by atoms with Crippen LogP contribution in [0.25, 0.3) is 0 Å². The van der Waals surface area contributed by atoms with E-state index in [1.165, 1.54) is 0 Å². The summed E-state index contributed by atoms with van der Waals surface area (Å²) in [6.07, 6.45) is -7.40. The highest BCUT2D eigenvalue weighted by atomic mass is 16.5. The first-order valence-electron chi connectivity index (χ1n) is 5.03. The molecule has 98 valence electrons. The van der Waals surface area contributed by atoms with Crippen LogP contribution in [0.2, 0.25) is 0 Å². The third kappa shape index (κ3) is 3.20. The number of ketones is 1. The summed E-state index contributed by atoms with van der Waals surface area (Å²) in [7, 11) is 0. The predicted molar refractivity (Wildman–Crippen MR) is 54.4 cm³/mol. The molecule has 8 nitrogen and oxygen atoms in total. The van der Waals surface area contributed by atoms with Gasteiger partial charge in [0.05, 0.1) is 13.2 Å². The molecule has 4 atom stereocenters. The lowest BCUT2D eigenvalue weighted by Crippen LogP contribution is -2.50.